The molecule has 1 aromatic carbocycles. The highest BCUT2D eigenvalue weighted by atomic mass is 16.5. The molecule has 106 valence electrons. The average Bonchev–Trinajstić information content (AvgIpc) is 2.48. The van der Waals surface area contributed by atoms with Gasteiger partial charge in [0.15, 0.2) is 0 Å². The van der Waals surface area contributed by atoms with Crippen molar-refractivity contribution >= 4 is 5.69 Å². The second-order valence-electron chi connectivity index (χ2n) is 5.66. The number of para-hydroxylation sites is 2. The molecular weight excluding hydrogens is 236 g/mol. The van der Waals surface area contributed by atoms with Crippen LogP contribution in [0.3, 0.4) is 0 Å². The number of rotatable bonds is 5. The third-order valence-electron chi connectivity index (χ3n) is 4.54. The van der Waals surface area contributed by atoms with Crippen LogP contribution in [-0.2, 0) is 0 Å². The molecule has 0 atom stereocenters. The summed E-state index contributed by atoms with van der Waals surface area (Å²) in [7, 11) is 1.71. The first-order valence-electron chi connectivity index (χ1n) is 7.34. The zero-order chi connectivity index (χ0) is 13.7. The van der Waals surface area contributed by atoms with Gasteiger partial charge < -0.3 is 15.8 Å². The third kappa shape index (κ3) is 3.21. The molecule has 0 unspecified atom stereocenters. The fraction of sp³-hybridized carbons (Fsp3) is 0.625. The Morgan fingerprint density at radius 1 is 1.32 bits per heavy atom. The van der Waals surface area contributed by atoms with Gasteiger partial charge in [0.2, 0.25) is 0 Å². The molecule has 3 nitrogen and oxygen atoms in total. The summed E-state index contributed by atoms with van der Waals surface area (Å²) in [5, 5.41) is 3.66. The van der Waals surface area contributed by atoms with Gasteiger partial charge in [-0.3, -0.25) is 0 Å². The van der Waals surface area contributed by atoms with E-state index >= 15 is 0 Å². The summed E-state index contributed by atoms with van der Waals surface area (Å²) in [4.78, 5) is 0. The fourth-order valence-electron chi connectivity index (χ4n) is 3.05. The zero-order valence-corrected chi connectivity index (χ0v) is 12.1. The van der Waals surface area contributed by atoms with Crippen molar-refractivity contribution in [1.29, 1.82) is 0 Å². The van der Waals surface area contributed by atoms with Gasteiger partial charge >= 0.3 is 0 Å². The van der Waals surface area contributed by atoms with E-state index in [-0.39, 0.29) is 5.54 Å². The van der Waals surface area contributed by atoms with Crippen LogP contribution in [0.4, 0.5) is 5.69 Å². The van der Waals surface area contributed by atoms with Gasteiger partial charge in [0.1, 0.15) is 5.75 Å². The lowest BCUT2D eigenvalue weighted by atomic mass is 9.75. The van der Waals surface area contributed by atoms with Crippen LogP contribution in [0.25, 0.3) is 0 Å². The molecule has 3 heteroatoms. The molecule has 19 heavy (non-hydrogen) atoms. The van der Waals surface area contributed by atoms with Gasteiger partial charge in [-0.15, -0.1) is 0 Å². The van der Waals surface area contributed by atoms with Crippen molar-refractivity contribution in [3.63, 3.8) is 0 Å². The SMILES string of the molecule is CCC1CCC(CN)(Nc2ccccc2OC)CC1. The molecule has 1 fully saturated rings. The van der Waals surface area contributed by atoms with Gasteiger partial charge in [-0.25, -0.2) is 0 Å². The molecular formula is C16H26N2O. The first-order valence-corrected chi connectivity index (χ1v) is 7.34. The van der Waals surface area contributed by atoms with E-state index in [1.165, 1.54) is 19.3 Å². The van der Waals surface area contributed by atoms with Gasteiger partial charge in [0.05, 0.1) is 12.8 Å². The number of anilines is 1. The summed E-state index contributed by atoms with van der Waals surface area (Å²) in [6, 6.07) is 8.09. The van der Waals surface area contributed by atoms with Crippen LogP contribution in [-0.4, -0.2) is 19.2 Å². The van der Waals surface area contributed by atoms with E-state index in [0.29, 0.717) is 6.54 Å². The summed E-state index contributed by atoms with van der Waals surface area (Å²) in [6.07, 6.45) is 6.14. The Kier molecular flexibility index (Phi) is 4.70. The van der Waals surface area contributed by atoms with Gasteiger partial charge in [-0.1, -0.05) is 25.5 Å². The lowest BCUT2D eigenvalue weighted by molar-refractivity contribution is 0.253. The molecule has 0 bridgehead atoms. The van der Waals surface area contributed by atoms with Crippen LogP contribution < -0.4 is 15.8 Å². The normalized spacial score (nSPS) is 27.0. The molecule has 0 spiro atoms. The summed E-state index contributed by atoms with van der Waals surface area (Å²) in [5.74, 6) is 1.77. The lowest BCUT2D eigenvalue weighted by Crippen LogP contribution is -2.48. The van der Waals surface area contributed by atoms with Crippen molar-refractivity contribution in [2.45, 2.75) is 44.6 Å². The standard InChI is InChI=1S/C16H26N2O/c1-3-13-8-10-16(12-17,11-9-13)18-14-6-4-5-7-15(14)19-2/h4-7,13,18H,3,8-12,17H2,1-2H3. The molecule has 2 rings (SSSR count). The Morgan fingerprint density at radius 2 is 2.00 bits per heavy atom. The minimum atomic E-state index is 0.0420. The molecule has 0 saturated heterocycles. The van der Waals surface area contributed by atoms with E-state index in [1.807, 2.05) is 18.2 Å². The van der Waals surface area contributed by atoms with Crippen molar-refractivity contribution in [2.24, 2.45) is 11.7 Å². The third-order valence-corrected chi connectivity index (χ3v) is 4.54. The summed E-state index contributed by atoms with van der Waals surface area (Å²) in [5.41, 5.74) is 7.16. The first kappa shape index (κ1) is 14.2. The molecule has 0 aliphatic heterocycles. The van der Waals surface area contributed by atoms with Crippen molar-refractivity contribution in [2.75, 3.05) is 19.0 Å². The number of nitrogens with two attached hydrogens (primary N) is 1. The van der Waals surface area contributed by atoms with Crippen LogP contribution in [0.5, 0.6) is 5.75 Å². The Bertz CT molecular complexity index is 397. The van der Waals surface area contributed by atoms with E-state index in [0.717, 1.165) is 30.2 Å². The molecule has 1 aliphatic carbocycles. The predicted molar refractivity (Wildman–Crippen MR) is 80.7 cm³/mol. The molecule has 0 radical (unpaired) electrons. The highest BCUT2D eigenvalue weighted by Crippen LogP contribution is 2.37. The fourth-order valence-corrected chi connectivity index (χ4v) is 3.05. The maximum Gasteiger partial charge on any atom is 0.141 e. The van der Waals surface area contributed by atoms with Gasteiger partial charge in [-0.05, 0) is 43.7 Å². The summed E-state index contributed by atoms with van der Waals surface area (Å²) >= 11 is 0. The first-order chi connectivity index (χ1) is 9.23. The number of ether oxygens (including phenoxy) is 1. The van der Waals surface area contributed by atoms with E-state index in [4.69, 9.17) is 10.5 Å². The molecule has 3 N–H and O–H groups in total. The maximum atomic E-state index is 6.06. The van der Waals surface area contributed by atoms with Crippen molar-refractivity contribution in [3.05, 3.63) is 24.3 Å². The molecule has 1 aliphatic rings. The monoisotopic (exact) mass is 262 g/mol. The van der Waals surface area contributed by atoms with Crippen molar-refractivity contribution in [1.82, 2.24) is 0 Å². The Labute approximate surface area is 116 Å². The number of benzene rings is 1. The zero-order valence-electron chi connectivity index (χ0n) is 12.1. The van der Waals surface area contributed by atoms with Crippen molar-refractivity contribution in [3.8, 4) is 5.75 Å². The minimum absolute atomic E-state index is 0.0420. The Hall–Kier alpha value is -1.22. The van der Waals surface area contributed by atoms with Crippen molar-refractivity contribution < 1.29 is 4.74 Å². The number of nitrogens with one attached hydrogen (secondary N) is 1. The number of methoxy groups -OCH3 is 1. The van der Waals surface area contributed by atoms with Gasteiger partial charge in [0.25, 0.3) is 0 Å². The van der Waals surface area contributed by atoms with E-state index in [9.17, 15) is 0 Å². The van der Waals surface area contributed by atoms with Gasteiger partial charge in [0, 0.05) is 12.1 Å². The van der Waals surface area contributed by atoms with Crippen LogP contribution in [0.1, 0.15) is 39.0 Å². The largest absolute Gasteiger partial charge is 0.495 e. The topological polar surface area (TPSA) is 47.3 Å². The number of hydrogen-bond donors (Lipinski definition) is 2. The lowest BCUT2D eigenvalue weighted by Gasteiger charge is -2.41. The second kappa shape index (κ2) is 6.29. The van der Waals surface area contributed by atoms with Crippen LogP contribution in [0.2, 0.25) is 0 Å². The quantitative estimate of drug-likeness (QED) is 0.855. The second-order valence-corrected chi connectivity index (χ2v) is 5.66. The summed E-state index contributed by atoms with van der Waals surface area (Å²) in [6.45, 7) is 2.97. The van der Waals surface area contributed by atoms with E-state index in [1.54, 1.807) is 7.11 Å². The maximum absolute atomic E-state index is 6.06. The highest BCUT2D eigenvalue weighted by Gasteiger charge is 2.34. The van der Waals surface area contributed by atoms with E-state index in [2.05, 4.69) is 18.3 Å². The molecule has 1 saturated carbocycles. The molecule has 0 aromatic heterocycles. The summed E-state index contributed by atoms with van der Waals surface area (Å²) < 4.78 is 5.42. The molecule has 0 amide bonds. The smallest absolute Gasteiger partial charge is 0.141 e. The van der Waals surface area contributed by atoms with Gasteiger partial charge in [-0.2, -0.15) is 0 Å². The average molecular weight is 262 g/mol. The predicted octanol–water partition coefficient (Wildman–Crippen LogP) is 3.40. The Balaban J connectivity index is 2.11. The van der Waals surface area contributed by atoms with E-state index < -0.39 is 0 Å². The molecule has 0 heterocycles. The Morgan fingerprint density at radius 3 is 2.58 bits per heavy atom. The highest BCUT2D eigenvalue weighted by molar-refractivity contribution is 5.57. The molecule has 1 aromatic rings. The van der Waals surface area contributed by atoms with Crippen LogP contribution in [0, 0.1) is 5.92 Å². The minimum Gasteiger partial charge on any atom is -0.495 e. The van der Waals surface area contributed by atoms with Crippen LogP contribution in [0.15, 0.2) is 24.3 Å². The number of hydrogen-bond acceptors (Lipinski definition) is 3. The van der Waals surface area contributed by atoms with Crippen LogP contribution >= 0.6 is 0 Å².